The molecule has 198 valence electrons. The number of carbonyl (C=O) groups is 2. The number of ether oxygens (including phenoxy) is 2. The molecule has 8 heteroatoms. The maximum Gasteiger partial charge on any atom is 0.254 e. The van der Waals surface area contributed by atoms with Gasteiger partial charge in [-0.3, -0.25) is 9.59 Å². The van der Waals surface area contributed by atoms with Crippen molar-refractivity contribution in [2.24, 2.45) is 0 Å². The van der Waals surface area contributed by atoms with Gasteiger partial charge in [-0.05, 0) is 60.4 Å². The highest BCUT2D eigenvalue weighted by Gasteiger charge is 2.40. The van der Waals surface area contributed by atoms with E-state index in [0.29, 0.717) is 24.1 Å². The Bertz CT molecular complexity index is 1240. The Morgan fingerprint density at radius 2 is 1.63 bits per heavy atom. The molecule has 2 aliphatic heterocycles. The van der Waals surface area contributed by atoms with Gasteiger partial charge in [0.15, 0.2) is 0 Å². The van der Waals surface area contributed by atoms with Crippen LogP contribution in [0.3, 0.4) is 0 Å². The van der Waals surface area contributed by atoms with Gasteiger partial charge in [0, 0.05) is 17.8 Å². The summed E-state index contributed by atoms with van der Waals surface area (Å²) in [5, 5.41) is 13.3. The number of aliphatic hydroxyl groups is 1. The zero-order valence-electron chi connectivity index (χ0n) is 21.0. The topological polar surface area (TPSA) is 88.1 Å². The fourth-order valence-corrected chi connectivity index (χ4v) is 5.13. The SMILES string of the molecule is O=C(C[C@H]1CC[C@@H]2[C@H](COC[C@@H](O)CN2C(=O)c2ccc(F)cc2)O1)Nc1ccc(-c2ccccc2)cc1. The fraction of sp³-hybridized carbons (Fsp3) is 0.333. The Morgan fingerprint density at radius 3 is 2.37 bits per heavy atom. The molecule has 4 atom stereocenters. The largest absolute Gasteiger partial charge is 0.389 e. The smallest absolute Gasteiger partial charge is 0.254 e. The summed E-state index contributed by atoms with van der Waals surface area (Å²) in [6.07, 6.45) is -0.253. The van der Waals surface area contributed by atoms with Gasteiger partial charge in [-0.1, -0.05) is 42.5 Å². The van der Waals surface area contributed by atoms with Crippen LogP contribution >= 0.6 is 0 Å². The van der Waals surface area contributed by atoms with Crippen LogP contribution in [-0.2, 0) is 14.3 Å². The molecule has 2 aliphatic rings. The van der Waals surface area contributed by atoms with Crippen LogP contribution in [0, 0.1) is 5.82 Å². The first-order valence-electron chi connectivity index (χ1n) is 12.9. The summed E-state index contributed by atoms with van der Waals surface area (Å²) in [6, 6.07) is 22.8. The van der Waals surface area contributed by atoms with Gasteiger partial charge in [-0.25, -0.2) is 4.39 Å². The molecular formula is C30H31FN2O5. The van der Waals surface area contributed by atoms with E-state index < -0.39 is 18.0 Å². The molecule has 2 N–H and O–H groups in total. The van der Waals surface area contributed by atoms with Crippen molar-refractivity contribution >= 4 is 17.5 Å². The summed E-state index contributed by atoms with van der Waals surface area (Å²) in [6.45, 7) is 0.364. The van der Waals surface area contributed by atoms with Gasteiger partial charge in [-0.15, -0.1) is 0 Å². The lowest BCUT2D eigenvalue weighted by molar-refractivity contribution is -0.149. The molecule has 0 unspecified atom stereocenters. The number of nitrogens with one attached hydrogen (secondary N) is 1. The first-order chi connectivity index (χ1) is 18.5. The lowest BCUT2D eigenvalue weighted by Crippen LogP contribution is -2.57. The van der Waals surface area contributed by atoms with Crippen molar-refractivity contribution in [1.29, 1.82) is 0 Å². The molecule has 5 rings (SSSR count). The molecule has 2 heterocycles. The second-order valence-electron chi connectivity index (χ2n) is 9.79. The van der Waals surface area contributed by atoms with Gasteiger partial charge in [0.2, 0.25) is 5.91 Å². The quantitative estimate of drug-likeness (QED) is 0.527. The van der Waals surface area contributed by atoms with Gasteiger partial charge in [0.1, 0.15) is 11.9 Å². The van der Waals surface area contributed by atoms with Crippen molar-refractivity contribution in [3.63, 3.8) is 0 Å². The van der Waals surface area contributed by atoms with Crippen LogP contribution < -0.4 is 5.32 Å². The third-order valence-electron chi connectivity index (χ3n) is 7.02. The molecule has 3 aromatic rings. The van der Waals surface area contributed by atoms with E-state index in [9.17, 15) is 19.1 Å². The highest BCUT2D eigenvalue weighted by molar-refractivity contribution is 5.94. The van der Waals surface area contributed by atoms with Crippen molar-refractivity contribution < 1.29 is 28.6 Å². The number of nitrogens with zero attached hydrogens (tertiary/aromatic N) is 1. The van der Waals surface area contributed by atoms with Gasteiger partial charge >= 0.3 is 0 Å². The van der Waals surface area contributed by atoms with Crippen molar-refractivity contribution in [2.75, 3.05) is 25.1 Å². The number of halogens is 1. The number of rotatable bonds is 5. The van der Waals surface area contributed by atoms with Crippen molar-refractivity contribution in [2.45, 2.75) is 43.6 Å². The van der Waals surface area contributed by atoms with E-state index in [1.165, 1.54) is 24.3 Å². The van der Waals surface area contributed by atoms with Crippen LogP contribution in [-0.4, -0.2) is 65.9 Å². The average molecular weight is 519 g/mol. The maximum atomic E-state index is 13.4. The van der Waals surface area contributed by atoms with Gasteiger partial charge in [0.25, 0.3) is 5.91 Å². The third kappa shape index (κ3) is 6.27. The maximum absolute atomic E-state index is 13.4. The number of benzene rings is 3. The highest BCUT2D eigenvalue weighted by atomic mass is 19.1. The van der Waals surface area contributed by atoms with Crippen molar-refractivity contribution in [3.05, 3.63) is 90.2 Å². The third-order valence-corrected chi connectivity index (χ3v) is 7.02. The lowest BCUT2D eigenvalue weighted by Gasteiger charge is -2.44. The predicted octanol–water partition coefficient (Wildman–Crippen LogP) is 4.27. The second kappa shape index (κ2) is 11.9. The minimum atomic E-state index is -0.836. The zero-order valence-corrected chi connectivity index (χ0v) is 21.0. The first kappa shape index (κ1) is 26.0. The Morgan fingerprint density at radius 1 is 0.921 bits per heavy atom. The molecule has 7 nitrogen and oxygen atoms in total. The molecule has 2 fully saturated rings. The van der Waals surface area contributed by atoms with Gasteiger partial charge in [-0.2, -0.15) is 0 Å². The molecule has 0 saturated carbocycles. The normalized spacial score (nSPS) is 23.6. The Hall–Kier alpha value is -3.59. The standard InChI is InChI=1S/C30H31FN2O5/c31-23-10-6-22(7-11-23)30(36)33-17-25(34)18-37-19-28-27(33)15-14-26(38-28)16-29(35)32-24-12-8-21(9-13-24)20-4-2-1-3-5-20/h1-13,25-28,34H,14-19H2,(H,32,35)/t25-,26+,27+,28-/m0/s1. The number of hydrogen-bond acceptors (Lipinski definition) is 5. The average Bonchev–Trinajstić information content (AvgIpc) is 2.92. The first-order valence-corrected chi connectivity index (χ1v) is 12.9. The van der Waals surface area contributed by atoms with Crippen LogP contribution in [0.1, 0.15) is 29.6 Å². The molecule has 0 spiro atoms. The van der Waals surface area contributed by atoms with Gasteiger partial charge in [0.05, 0.1) is 37.9 Å². The summed E-state index contributed by atoms with van der Waals surface area (Å²) in [4.78, 5) is 27.7. The van der Waals surface area contributed by atoms with Crippen molar-refractivity contribution in [3.8, 4) is 11.1 Å². The summed E-state index contributed by atoms with van der Waals surface area (Å²) >= 11 is 0. The van der Waals surface area contributed by atoms with E-state index in [1.54, 1.807) is 4.90 Å². The summed E-state index contributed by atoms with van der Waals surface area (Å²) in [5.41, 5.74) is 3.23. The minimum Gasteiger partial charge on any atom is -0.389 e. The number of hydrogen-bond donors (Lipinski definition) is 2. The predicted molar refractivity (Wildman–Crippen MR) is 141 cm³/mol. The summed E-state index contributed by atoms with van der Waals surface area (Å²) in [7, 11) is 0. The van der Waals surface area contributed by atoms with E-state index in [2.05, 4.69) is 5.32 Å². The van der Waals surface area contributed by atoms with Crippen LogP contribution in [0.4, 0.5) is 10.1 Å². The minimum absolute atomic E-state index is 0.0733. The number of β-amino-alcohol motifs (C(OH)–C–C–N with tert-alkyl or cyclic N) is 1. The molecule has 0 bridgehead atoms. The van der Waals surface area contributed by atoms with E-state index in [0.717, 1.165) is 11.1 Å². The summed E-state index contributed by atoms with van der Waals surface area (Å²) in [5.74, 6) is -0.864. The van der Waals surface area contributed by atoms with Crippen LogP contribution in [0.5, 0.6) is 0 Å². The molecule has 3 aromatic carbocycles. The highest BCUT2D eigenvalue weighted by Crippen LogP contribution is 2.29. The molecular weight excluding hydrogens is 487 g/mol. The van der Waals surface area contributed by atoms with E-state index in [-0.39, 0.29) is 50.1 Å². The number of aliphatic hydroxyl groups excluding tert-OH is 1. The summed E-state index contributed by atoms with van der Waals surface area (Å²) < 4.78 is 25.3. The van der Waals surface area contributed by atoms with Crippen LogP contribution in [0.25, 0.3) is 11.1 Å². The van der Waals surface area contributed by atoms with E-state index in [1.807, 2.05) is 54.6 Å². The van der Waals surface area contributed by atoms with E-state index in [4.69, 9.17) is 9.47 Å². The number of carbonyl (C=O) groups excluding carboxylic acids is 2. The van der Waals surface area contributed by atoms with Crippen LogP contribution in [0.2, 0.25) is 0 Å². The Kier molecular flexibility index (Phi) is 8.12. The Labute approximate surface area is 221 Å². The lowest BCUT2D eigenvalue weighted by atomic mass is 9.94. The molecule has 0 aliphatic carbocycles. The zero-order chi connectivity index (χ0) is 26.5. The second-order valence-corrected chi connectivity index (χ2v) is 9.79. The number of fused-ring (bicyclic) bond motifs is 1. The molecule has 0 radical (unpaired) electrons. The van der Waals surface area contributed by atoms with Gasteiger partial charge < -0.3 is 24.8 Å². The molecule has 2 saturated heterocycles. The monoisotopic (exact) mass is 518 g/mol. The number of amides is 2. The Balaban J connectivity index is 1.21. The fourth-order valence-electron chi connectivity index (χ4n) is 5.13. The molecule has 0 aromatic heterocycles. The number of anilines is 1. The van der Waals surface area contributed by atoms with E-state index >= 15 is 0 Å². The molecule has 38 heavy (non-hydrogen) atoms. The van der Waals surface area contributed by atoms with Crippen molar-refractivity contribution in [1.82, 2.24) is 4.90 Å². The van der Waals surface area contributed by atoms with Crippen LogP contribution in [0.15, 0.2) is 78.9 Å². The molecule has 2 amide bonds.